The second-order valence-electron chi connectivity index (χ2n) is 6.92. The van der Waals surface area contributed by atoms with E-state index in [9.17, 15) is 5.21 Å². The van der Waals surface area contributed by atoms with Crippen LogP contribution in [0, 0.1) is 5.21 Å². The number of hydroxylamine groups is 2. The van der Waals surface area contributed by atoms with Crippen LogP contribution in [0.4, 0.5) is 5.13 Å². The first-order chi connectivity index (χ1) is 12.7. The summed E-state index contributed by atoms with van der Waals surface area (Å²) in [4.78, 5) is 2.17. The third-order valence-electron chi connectivity index (χ3n) is 4.90. The van der Waals surface area contributed by atoms with Crippen LogP contribution >= 0.6 is 22.9 Å². The number of hydrogen-bond donors (Lipinski definition) is 1. The van der Waals surface area contributed by atoms with Crippen molar-refractivity contribution < 1.29 is 4.74 Å². The summed E-state index contributed by atoms with van der Waals surface area (Å²) in [5.74, 6) is 0.605. The van der Waals surface area contributed by atoms with E-state index in [-0.39, 0.29) is 12.3 Å². The van der Waals surface area contributed by atoms with Crippen molar-refractivity contribution in [2.45, 2.75) is 44.4 Å². The van der Waals surface area contributed by atoms with Crippen LogP contribution < -0.4 is 9.96 Å². The molecule has 1 N–H and O–H groups in total. The van der Waals surface area contributed by atoms with Crippen LogP contribution in [0.25, 0.3) is 0 Å². The molecule has 0 saturated carbocycles. The molecule has 26 heavy (non-hydrogen) atoms. The highest BCUT2D eigenvalue weighted by molar-refractivity contribution is 7.15. The number of nitrogens with one attached hydrogen (secondary N) is 1. The Morgan fingerprint density at radius 2 is 2.38 bits per heavy atom. The monoisotopic (exact) mass is 401 g/mol. The highest BCUT2D eigenvalue weighted by atomic mass is 35.5. The Labute approximate surface area is 164 Å². The van der Waals surface area contributed by atoms with Gasteiger partial charge in [-0.05, 0) is 37.0 Å². The van der Waals surface area contributed by atoms with Crippen molar-refractivity contribution in [1.82, 2.24) is 25.1 Å². The Morgan fingerprint density at radius 3 is 3.12 bits per heavy atom. The molecule has 3 rings (SSSR count). The zero-order chi connectivity index (χ0) is 18.4. The number of rotatable bonds is 10. The molecule has 0 aromatic carbocycles. The van der Waals surface area contributed by atoms with E-state index in [0.29, 0.717) is 30.8 Å². The molecule has 3 atom stereocenters. The lowest BCUT2D eigenvalue weighted by Gasteiger charge is -2.40. The largest absolute Gasteiger partial charge is 0.623 e. The first-order valence-electron chi connectivity index (χ1n) is 9.31. The normalized spacial score (nSPS) is 29.5. The van der Waals surface area contributed by atoms with Crippen molar-refractivity contribution in [3.05, 3.63) is 22.9 Å². The average molecular weight is 402 g/mol. The van der Waals surface area contributed by atoms with E-state index < -0.39 is 4.65 Å². The molecule has 2 fully saturated rings. The number of aryl methyl sites for hydroxylation is 1. The number of nitrogens with zero attached hydrogens (tertiary/aromatic N) is 4. The van der Waals surface area contributed by atoms with Crippen LogP contribution in [0.15, 0.2) is 12.7 Å². The van der Waals surface area contributed by atoms with Crippen molar-refractivity contribution in [3.8, 4) is 0 Å². The van der Waals surface area contributed by atoms with Crippen molar-refractivity contribution in [3.63, 3.8) is 0 Å². The number of hydrogen-bond acceptors (Lipinski definition) is 7. The molecular weight excluding hydrogens is 374 g/mol. The zero-order valence-electron chi connectivity index (χ0n) is 15.1. The van der Waals surface area contributed by atoms with E-state index in [1.807, 2.05) is 6.08 Å². The van der Waals surface area contributed by atoms with Gasteiger partial charge in [-0.2, -0.15) is 0 Å². The minimum atomic E-state index is -0.485. The number of ether oxygens (including phenoxy) is 1. The molecule has 0 radical (unpaired) electrons. The Kier molecular flexibility index (Phi) is 7.39. The molecule has 3 unspecified atom stereocenters. The zero-order valence-corrected chi connectivity index (χ0v) is 16.7. The summed E-state index contributed by atoms with van der Waals surface area (Å²) in [7, 11) is 0. The maximum absolute atomic E-state index is 13.7. The lowest BCUT2D eigenvalue weighted by molar-refractivity contribution is 0.103. The van der Waals surface area contributed by atoms with E-state index >= 15 is 0 Å². The quantitative estimate of drug-likeness (QED) is 0.281. The molecule has 2 saturated heterocycles. The fourth-order valence-electron chi connectivity index (χ4n) is 3.48. The van der Waals surface area contributed by atoms with Crippen LogP contribution in [-0.2, 0) is 11.2 Å². The van der Waals surface area contributed by atoms with Gasteiger partial charge in [0.25, 0.3) is 0 Å². The Bertz CT molecular complexity index is 583. The van der Waals surface area contributed by atoms with Crippen LogP contribution in [0.2, 0.25) is 0 Å². The highest BCUT2D eigenvalue weighted by Gasteiger charge is 2.43. The van der Waals surface area contributed by atoms with Crippen molar-refractivity contribution >= 4 is 28.1 Å². The second-order valence-corrected chi connectivity index (χ2v) is 8.34. The summed E-state index contributed by atoms with van der Waals surface area (Å²) in [6.45, 7) is 7.16. The number of allylic oxidation sites excluding steroid dienone is 1. The van der Waals surface area contributed by atoms with Gasteiger partial charge in [-0.3, -0.25) is 9.96 Å². The van der Waals surface area contributed by atoms with Gasteiger partial charge < -0.3 is 9.94 Å². The third-order valence-corrected chi connectivity index (χ3v) is 6.26. The average Bonchev–Trinajstić information content (AvgIpc) is 3.37. The van der Waals surface area contributed by atoms with Crippen LogP contribution in [0.3, 0.4) is 0 Å². The van der Waals surface area contributed by atoms with Gasteiger partial charge in [0.1, 0.15) is 11.7 Å². The summed E-state index contributed by atoms with van der Waals surface area (Å²) in [5, 5.41) is 27.1. The molecule has 3 heterocycles. The fourth-order valence-corrected chi connectivity index (χ4v) is 4.53. The van der Waals surface area contributed by atoms with Crippen molar-refractivity contribution in [2.24, 2.45) is 0 Å². The van der Waals surface area contributed by atoms with Crippen LogP contribution in [0.1, 0.15) is 30.7 Å². The lowest BCUT2D eigenvalue weighted by Crippen LogP contribution is -2.57. The molecule has 1 aromatic heterocycles. The first-order valence-corrected chi connectivity index (χ1v) is 10.7. The third kappa shape index (κ3) is 4.81. The van der Waals surface area contributed by atoms with E-state index in [1.165, 1.54) is 11.3 Å². The second kappa shape index (κ2) is 9.54. The lowest BCUT2D eigenvalue weighted by atomic mass is 10.2. The molecule has 1 aromatic rings. The van der Waals surface area contributed by atoms with Crippen LogP contribution in [0.5, 0.6) is 0 Å². The van der Waals surface area contributed by atoms with Gasteiger partial charge in [-0.15, -0.1) is 23.3 Å². The predicted molar refractivity (Wildman–Crippen MR) is 106 cm³/mol. The topological polar surface area (TPSA) is 73.3 Å². The van der Waals surface area contributed by atoms with Crippen molar-refractivity contribution in [1.29, 1.82) is 0 Å². The van der Waals surface area contributed by atoms with Crippen molar-refractivity contribution in [2.75, 3.05) is 38.8 Å². The molecule has 9 heteroatoms. The molecule has 7 nitrogen and oxygen atoms in total. The van der Waals surface area contributed by atoms with E-state index in [4.69, 9.17) is 16.3 Å². The molecule has 2 aliphatic rings. The summed E-state index contributed by atoms with van der Waals surface area (Å²) >= 11 is 7.26. The molecular formula is C17H28ClN5O2S. The predicted octanol–water partition coefficient (Wildman–Crippen LogP) is 2.46. The van der Waals surface area contributed by atoms with Gasteiger partial charge in [0, 0.05) is 32.0 Å². The SMILES string of the molecule is C=CCCc1nnc([N+]2([O-])CN(CCCCl)CC2NCC2CCCO2)s1. The summed E-state index contributed by atoms with van der Waals surface area (Å²) in [6.07, 6.45) is 6.46. The van der Waals surface area contributed by atoms with E-state index in [1.54, 1.807) is 0 Å². The van der Waals surface area contributed by atoms with E-state index in [2.05, 4.69) is 27.0 Å². The van der Waals surface area contributed by atoms with Gasteiger partial charge in [-0.1, -0.05) is 11.2 Å². The molecule has 0 bridgehead atoms. The maximum Gasteiger partial charge on any atom is 0.309 e. The van der Waals surface area contributed by atoms with Gasteiger partial charge in [-0.25, -0.2) is 4.90 Å². The molecule has 2 aliphatic heterocycles. The fraction of sp³-hybridized carbons (Fsp3) is 0.765. The maximum atomic E-state index is 13.7. The van der Waals surface area contributed by atoms with Gasteiger partial charge in [0.05, 0.1) is 12.6 Å². The van der Waals surface area contributed by atoms with Crippen LogP contribution in [-0.4, -0.2) is 66.2 Å². The number of alkyl halides is 1. The summed E-state index contributed by atoms with van der Waals surface area (Å²) in [5.41, 5.74) is 0. The standard InChI is InChI=1S/C17H28ClN5O2S/c1-2-3-7-16-20-21-17(26-16)23(24)13-22(9-5-8-18)12-15(23)19-11-14-6-4-10-25-14/h2,14-15,19H,1,3-13H2. The Hall–Kier alpha value is -0.610. The molecule has 0 amide bonds. The smallest absolute Gasteiger partial charge is 0.309 e. The molecule has 146 valence electrons. The summed E-state index contributed by atoms with van der Waals surface area (Å²) in [6, 6.07) is 0. The van der Waals surface area contributed by atoms with E-state index in [0.717, 1.165) is 50.3 Å². The van der Waals surface area contributed by atoms with Gasteiger partial charge in [0.15, 0.2) is 6.17 Å². The minimum absolute atomic E-state index is 0.206. The highest BCUT2D eigenvalue weighted by Crippen LogP contribution is 2.33. The first kappa shape index (κ1) is 20.1. The Balaban J connectivity index is 1.69. The number of halogens is 1. The number of aromatic nitrogens is 2. The summed E-state index contributed by atoms with van der Waals surface area (Å²) < 4.78 is 5.20. The molecule has 0 aliphatic carbocycles. The van der Waals surface area contributed by atoms with Gasteiger partial charge >= 0.3 is 5.13 Å². The number of quaternary nitrogens is 1. The van der Waals surface area contributed by atoms with Gasteiger partial charge in [0.2, 0.25) is 0 Å². The minimum Gasteiger partial charge on any atom is -0.623 e. The molecule has 0 spiro atoms. The Morgan fingerprint density at radius 1 is 1.50 bits per heavy atom.